The number of nitrogens with one attached hydrogen (secondary N) is 2. The van der Waals surface area contributed by atoms with Crippen molar-refractivity contribution in [1.82, 2.24) is 4.98 Å². The van der Waals surface area contributed by atoms with E-state index in [9.17, 15) is 9.59 Å². The van der Waals surface area contributed by atoms with Gasteiger partial charge in [-0.25, -0.2) is 0 Å². The molecule has 0 radical (unpaired) electrons. The number of hydrogen-bond acceptors (Lipinski definition) is 5. The highest BCUT2D eigenvalue weighted by Gasteiger charge is 2.12. The van der Waals surface area contributed by atoms with Crippen LogP contribution in [0.1, 0.15) is 21.5 Å². The largest absolute Gasteiger partial charge is 0.494 e. The predicted molar refractivity (Wildman–Crippen MR) is 115 cm³/mol. The lowest BCUT2D eigenvalue weighted by molar-refractivity contribution is -0.118. The Morgan fingerprint density at radius 2 is 1.83 bits per heavy atom. The van der Waals surface area contributed by atoms with Gasteiger partial charge in [0.25, 0.3) is 11.8 Å². The van der Waals surface area contributed by atoms with Crippen LogP contribution in [0.3, 0.4) is 0 Å². The third kappa shape index (κ3) is 5.35. The molecule has 0 saturated carbocycles. The number of anilines is 2. The summed E-state index contributed by atoms with van der Waals surface area (Å²) in [6.45, 7) is 3.81. The zero-order valence-electron chi connectivity index (χ0n) is 17.1. The van der Waals surface area contributed by atoms with Gasteiger partial charge < -0.3 is 20.1 Å². The fourth-order valence-corrected chi connectivity index (χ4v) is 2.87. The molecule has 0 fully saturated rings. The number of methoxy groups -OCH3 is 1. The van der Waals surface area contributed by atoms with Gasteiger partial charge in [0.15, 0.2) is 6.61 Å². The van der Waals surface area contributed by atoms with Crippen LogP contribution in [0.4, 0.5) is 11.4 Å². The molecule has 2 aromatic carbocycles. The molecule has 1 heterocycles. The molecule has 1 aromatic heterocycles. The molecule has 0 saturated heterocycles. The van der Waals surface area contributed by atoms with E-state index >= 15 is 0 Å². The quantitative estimate of drug-likeness (QED) is 0.621. The Bertz CT molecular complexity index is 1050. The molecule has 0 bridgehead atoms. The topological polar surface area (TPSA) is 89.5 Å². The molecule has 3 rings (SSSR count). The number of hydrogen-bond donors (Lipinski definition) is 2. The van der Waals surface area contributed by atoms with Gasteiger partial charge >= 0.3 is 0 Å². The van der Waals surface area contributed by atoms with Crippen LogP contribution < -0.4 is 20.1 Å². The second kappa shape index (κ2) is 9.56. The lowest BCUT2D eigenvalue weighted by Crippen LogP contribution is -2.20. The van der Waals surface area contributed by atoms with E-state index in [1.54, 1.807) is 36.5 Å². The number of carbonyl (C=O) groups is 2. The lowest BCUT2D eigenvalue weighted by Gasteiger charge is -2.13. The van der Waals surface area contributed by atoms with E-state index in [-0.39, 0.29) is 18.4 Å². The summed E-state index contributed by atoms with van der Waals surface area (Å²) in [5.74, 6) is 0.478. The van der Waals surface area contributed by atoms with Crippen LogP contribution in [0.15, 0.2) is 60.9 Å². The second-order valence-electron chi connectivity index (χ2n) is 6.72. The summed E-state index contributed by atoms with van der Waals surface area (Å²) in [5, 5.41) is 5.54. The predicted octanol–water partition coefficient (Wildman–Crippen LogP) is 3.98. The van der Waals surface area contributed by atoms with Gasteiger partial charge in [-0.2, -0.15) is 0 Å². The van der Waals surface area contributed by atoms with Crippen molar-refractivity contribution in [2.75, 3.05) is 24.4 Å². The van der Waals surface area contributed by atoms with Crippen molar-refractivity contribution in [2.45, 2.75) is 13.8 Å². The van der Waals surface area contributed by atoms with Crippen LogP contribution >= 0.6 is 0 Å². The molecule has 0 aliphatic rings. The monoisotopic (exact) mass is 405 g/mol. The zero-order valence-corrected chi connectivity index (χ0v) is 17.1. The lowest BCUT2D eigenvalue weighted by atomic mass is 10.1. The SMILES string of the molecule is COc1cc(NC(=O)COc2ccc(C)cc2C)ccc1NC(=O)c1cccnc1. The molecular weight excluding hydrogens is 382 g/mol. The Hall–Kier alpha value is -3.87. The van der Waals surface area contributed by atoms with Crippen LogP contribution in [0.2, 0.25) is 0 Å². The molecule has 0 aliphatic carbocycles. The Morgan fingerprint density at radius 1 is 1.00 bits per heavy atom. The van der Waals surface area contributed by atoms with Crippen LogP contribution in [0, 0.1) is 13.8 Å². The number of aryl methyl sites for hydroxylation is 2. The molecule has 0 atom stereocenters. The van der Waals surface area contributed by atoms with Crippen molar-refractivity contribution < 1.29 is 19.1 Å². The summed E-state index contributed by atoms with van der Waals surface area (Å²) in [6, 6.07) is 14.1. The van der Waals surface area contributed by atoms with E-state index in [2.05, 4.69) is 15.6 Å². The zero-order chi connectivity index (χ0) is 21.5. The number of pyridine rings is 1. The number of amides is 2. The first-order valence-electron chi connectivity index (χ1n) is 9.35. The minimum absolute atomic E-state index is 0.119. The van der Waals surface area contributed by atoms with Crippen molar-refractivity contribution in [3.8, 4) is 11.5 Å². The number of ether oxygens (including phenoxy) is 2. The molecule has 0 spiro atoms. The van der Waals surface area contributed by atoms with Gasteiger partial charge in [-0.1, -0.05) is 17.7 Å². The van der Waals surface area contributed by atoms with Crippen LogP contribution in [0.5, 0.6) is 11.5 Å². The van der Waals surface area contributed by atoms with Gasteiger partial charge in [-0.15, -0.1) is 0 Å². The maximum atomic E-state index is 12.3. The van der Waals surface area contributed by atoms with Crippen LogP contribution in [-0.2, 0) is 4.79 Å². The molecular formula is C23H23N3O4. The van der Waals surface area contributed by atoms with E-state index in [1.807, 2.05) is 32.0 Å². The van der Waals surface area contributed by atoms with Gasteiger partial charge in [0.05, 0.1) is 18.4 Å². The van der Waals surface area contributed by atoms with Gasteiger partial charge in [-0.3, -0.25) is 14.6 Å². The first-order valence-corrected chi connectivity index (χ1v) is 9.35. The summed E-state index contributed by atoms with van der Waals surface area (Å²) in [4.78, 5) is 28.5. The van der Waals surface area contributed by atoms with Gasteiger partial charge in [0, 0.05) is 24.1 Å². The molecule has 7 nitrogen and oxygen atoms in total. The van der Waals surface area contributed by atoms with Gasteiger partial charge in [0.2, 0.25) is 0 Å². The highest BCUT2D eigenvalue weighted by Crippen LogP contribution is 2.28. The Balaban J connectivity index is 1.62. The molecule has 2 amide bonds. The molecule has 0 aliphatic heterocycles. The average Bonchev–Trinajstić information content (AvgIpc) is 2.74. The number of nitrogens with zero attached hydrogens (tertiary/aromatic N) is 1. The summed E-state index contributed by atoms with van der Waals surface area (Å²) >= 11 is 0. The summed E-state index contributed by atoms with van der Waals surface area (Å²) < 4.78 is 10.9. The fraction of sp³-hybridized carbons (Fsp3) is 0.174. The Morgan fingerprint density at radius 3 is 2.53 bits per heavy atom. The minimum Gasteiger partial charge on any atom is -0.494 e. The van der Waals surface area contributed by atoms with E-state index in [1.165, 1.54) is 13.3 Å². The number of rotatable bonds is 7. The first kappa shape index (κ1) is 20.9. The fourth-order valence-electron chi connectivity index (χ4n) is 2.87. The number of carbonyl (C=O) groups excluding carboxylic acids is 2. The van der Waals surface area contributed by atoms with E-state index in [0.29, 0.717) is 28.4 Å². The standard InChI is InChI=1S/C23H23N3O4/c1-15-6-9-20(16(2)11-15)30-14-22(27)25-18-7-8-19(21(12-18)29-3)26-23(28)17-5-4-10-24-13-17/h4-13H,14H2,1-3H3,(H,25,27)(H,26,28). The molecule has 0 unspecified atom stereocenters. The van der Waals surface area contributed by atoms with Crippen molar-refractivity contribution in [3.05, 3.63) is 77.6 Å². The smallest absolute Gasteiger partial charge is 0.262 e. The highest BCUT2D eigenvalue weighted by molar-refractivity contribution is 6.05. The van der Waals surface area contributed by atoms with Crippen LogP contribution in [-0.4, -0.2) is 30.5 Å². The number of aromatic nitrogens is 1. The van der Waals surface area contributed by atoms with Gasteiger partial charge in [0.1, 0.15) is 11.5 Å². The van der Waals surface area contributed by atoms with E-state index in [4.69, 9.17) is 9.47 Å². The minimum atomic E-state index is -0.306. The highest BCUT2D eigenvalue weighted by atomic mass is 16.5. The Kier molecular flexibility index (Phi) is 6.64. The molecule has 7 heteroatoms. The molecule has 2 N–H and O–H groups in total. The second-order valence-corrected chi connectivity index (χ2v) is 6.72. The van der Waals surface area contributed by atoms with Crippen molar-refractivity contribution >= 4 is 23.2 Å². The Labute approximate surface area is 175 Å². The maximum absolute atomic E-state index is 12.3. The maximum Gasteiger partial charge on any atom is 0.262 e. The molecule has 30 heavy (non-hydrogen) atoms. The van der Waals surface area contributed by atoms with Crippen molar-refractivity contribution in [3.63, 3.8) is 0 Å². The third-order valence-electron chi connectivity index (χ3n) is 4.35. The van der Waals surface area contributed by atoms with Crippen molar-refractivity contribution in [2.24, 2.45) is 0 Å². The van der Waals surface area contributed by atoms with E-state index < -0.39 is 0 Å². The summed E-state index contributed by atoms with van der Waals surface area (Å²) in [6.07, 6.45) is 3.07. The third-order valence-corrected chi connectivity index (χ3v) is 4.35. The van der Waals surface area contributed by atoms with Gasteiger partial charge in [-0.05, 0) is 49.7 Å². The normalized spacial score (nSPS) is 10.2. The summed E-state index contributed by atoms with van der Waals surface area (Å²) in [7, 11) is 1.49. The van der Waals surface area contributed by atoms with Crippen LogP contribution in [0.25, 0.3) is 0 Å². The molecule has 154 valence electrons. The first-order chi connectivity index (χ1) is 14.5. The molecule has 3 aromatic rings. The van der Waals surface area contributed by atoms with Crippen molar-refractivity contribution in [1.29, 1.82) is 0 Å². The summed E-state index contributed by atoms with van der Waals surface area (Å²) in [5.41, 5.74) is 3.54. The average molecular weight is 405 g/mol. The van der Waals surface area contributed by atoms with E-state index in [0.717, 1.165) is 11.1 Å². The number of benzene rings is 2.